The number of amides is 1. The van der Waals surface area contributed by atoms with E-state index in [-0.39, 0.29) is 5.91 Å². The van der Waals surface area contributed by atoms with Crippen molar-refractivity contribution in [3.63, 3.8) is 0 Å². The standard InChI is InChI=1S/C15H15IN2O3S/c1-3-21-14-11(16)7-10(8-12(14)20-2)9-17-18-15(19)13-5-4-6-22-13/h4-9H,3H2,1-2H3,(H,18,19)/b17-9+. The minimum atomic E-state index is -0.223. The average molecular weight is 430 g/mol. The molecule has 0 bridgehead atoms. The lowest BCUT2D eigenvalue weighted by Crippen LogP contribution is -2.16. The van der Waals surface area contributed by atoms with E-state index in [0.717, 1.165) is 9.13 Å². The third-order valence-corrected chi connectivity index (χ3v) is 4.34. The van der Waals surface area contributed by atoms with E-state index in [1.807, 2.05) is 30.5 Å². The molecule has 0 aliphatic heterocycles. The Labute approximate surface area is 146 Å². The zero-order valence-corrected chi connectivity index (χ0v) is 15.1. The number of hydrazone groups is 1. The Kier molecular flexibility index (Phi) is 6.20. The van der Waals surface area contributed by atoms with Gasteiger partial charge in [0, 0.05) is 0 Å². The molecule has 0 spiro atoms. The van der Waals surface area contributed by atoms with Crippen LogP contribution in [0.2, 0.25) is 0 Å². The molecule has 7 heteroatoms. The molecule has 1 heterocycles. The number of hydrogen-bond donors (Lipinski definition) is 1. The maximum absolute atomic E-state index is 11.8. The van der Waals surface area contributed by atoms with E-state index in [4.69, 9.17) is 9.47 Å². The number of benzene rings is 1. The highest BCUT2D eigenvalue weighted by Gasteiger charge is 2.10. The highest BCUT2D eigenvalue weighted by atomic mass is 127. The summed E-state index contributed by atoms with van der Waals surface area (Å²) in [6, 6.07) is 7.30. The fourth-order valence-corrected chi connectivity index (χ4v) is 3.12. The summed E-state index contributed by atoms with van der Waals surface area (Å²) in [5.41, 5.74) is 3.31. The number of carbonyl (C=O) groups is 1. The van der Waals surface area contributed by atoms with E-state index in [2.05, 4.69) is 33.1 Å². The Hall–Kier alpha value is -1.61. The van der Waals surface area contributed by atoms with E-state index >= 15 is 0 Å². The Morgan fingerprint density at radius 1 is 1.50 bits per heavy atom. The second-order valence-electron chi connectivity index (χ2n) is 4.14. The van der Waals surface area contributed by atoms with Crippen LogP contribution < -0.4 is 14.9 Å². The van der Waals surface area contributed by atoms with Crippen molar-refractivity contribution in [2.24, 2.45) is 5.10 Å². The summed E-state index contributed by atoms with van der Waals surface area (Å²) in [6.07, 6.45) is 1.58. The van der Waals surface area contributed by atoms with Gasteiger partial charge in [0.15, 0.2) is 11.5 Å². The molecule has 0 aliphatic rings. The summed E-state index contributed by atoms with van der Waals surface area (Å²) in [6.45, 7) is 2.49. The molecule has 1 aromatic carbocycles. The summed E-state index contributed by atoms with van der Waals surface area (Å²) in [5, 5.41) is 5.82. The van der Waals surface area contributed by atoms with E-state index in [0.29, 0.717) is 23.0 Å². The first-order valence-corrected chi connectivity index (χ1v) is 8.48. The molecule has 0 atom stereocenters. The summed E-state index contributed by atoms with van der Waals surface area (Å²) >= 11 is 3.55. The van der Waals surface area contributed by atoms with Crippen LogP contribution in [0.15, 0.2) is 34.7 Å². The fourth-order valence-electron chi connectivity index (χ4n) is 1.73. The van der Waals surface area contributed by atoms with E-state index in [9.17, 15) is 4.79 Å². The van der Waals surface area contributed by atoms with Gasteiger partial charge in [-0.15, -0.1) is 11.3 Å². The molecule has 0 aliphatic carbocycles. The number of thiophene rings is 1. The summed E-state index contributed by atoms with van der Waals surface area (Å²) in [4.78, 5) is 12.4. The largest absolute Gasteiger partial charge is 0.493 e. The molecule has 116 valence electrons. The number of rotatable bonds is 6. The van der Waals surface area contributed by atoms with E-state index in [1.165, 1.54) is 11.3 Å². The van der Waals surface area contributed by atoms with Gasteiger partial charge in [-0.2, -0.15) is 5.10 Å². The van der Waals surface area contributed by atoms with E-state index < -0.39 is 0 Å². The van der Waals surface area contributed by atoms with Crippen LogP contribution in [0.5, 0.6) is 11.5 Å². The highest BCUT2D eigenvalue weighted by Crippen LogP contribution is 2.33. The van der Waals surface area contributed by atoms with Crippen molar-refractivity contribution >= 4 is 46.0 Å². The van der Waals surface area contributed by atoms with Gasteiger partial charge in [-0.3, -0.25) is 4.79 Å². The smallest absolute Gasteiger partial charge is 0.281 e. The third kappa shape index (κ3) is 4.20. The number of nitrogens with one attached hydrogen (secondary N) is 1. The van der Waals surface area contributed by atoms with Crippen molar-refractivity contribution in [1.82, 2.24) is 5.43 Å². The predicted molar refractivity (Wildman–Crippen MR) is 96.3 cm³/mol. The van der Waals surface area contributed by atoms with Crippen LogP contribution in [0.25, 0.3) is 0 Å². The van der Waals surface area contributed by atoms with Crippen LogP contribution in [-0.4, -0.2) is 25.8 Å². The number of nitrogens with zero attached hydrogens (tertiary/aromatic N) is 1. The third-order valence-electron chi connectivity index (χ3n) is 2.67. The second-order valence-corrected chi connectivity index (χ2v) is 6.25. The van der Waals surface area contributed by atoms with Gasteiger partial charge in [-0.1, -0.05) is 6.07 Å². The lowest BCUT2D eigenvalue weighted by atomic mass is 10.2. The molecule has 0 unspecified atom stereocenters. The Bertz CT molecular complexity index is 672. The van der Waals surface area contributed by atoms with Crippen LogP contribution >= 0.6 is 33.9 Å². The van der Waals surface area contributed by atoms with Crippen LogP contribution in [0.3, 0.4) is 0 Å². The van der Waals surface area contributed by atoms with Gasteiger partial charge in [-0.05, 0) is 58.7 Å². The molecule has 2 rings (SSSR count). The summed E-state index contributed by atoms with van der Waals surface area (Å²) < 4.78 is 11.8. The SMILES string of the molecule is CCOc1c(I)cc(/C=N/NC(=O)c2cccs2)cc1OC. The number of methoxy groups -OCH3 is 1. The molecule has 1 N–H and O–H groups in total. The second kappa shape index (κ2) is 8.14. The molecule has 1 aromatic heterocycles. The lowest BCUT2D eigenvalue weighted by Gasteiger charge is -2.11. The molecule has 1 amide bonds. The highest BCUT2D eigenvalue weighted by molar-refractivity contribution is 14.1. The van der Waals surface area contributed by atoms with Crippen LogP contribution in [0.1, 0.15) is 22.2 Å². The lowest BCUT2D eigenvalue weighted by molar-refractivity contribution is 0.0959. The first-order valence-electron chi connectivity index (χ1n) is 6.53. The van der Waals surface area contributed by atoms with Gasteiger partial charge in [0.1, 0.15) is 0 Å². The fraction of sp³-hybridized carbons (Fsp3) is 0.200. The zero-order chi connectivity index (χ0) is 15.9. The Morgan fingerprint density at radius 2 is 2.32 bits per heavy atom. The monoisotopic (exact) mass is 430 g/mol. The van der Waals surface area contributed by atoms with Crippen molar-refractivity contribution in [2.75, 3.05) is 13.7 Å². The molecule has 0 saturated heterocycles. The average Bonchev–Trinajstić information content (AvgIpc) is 3.04. The van der Waals surface area contributed by atoms with Gasteiger partial charge in [-0.25, -0.2) is 5.43 Å². The van der Waals surface area contributed by atoms with Crippen molar-refractivity contribution in [1.29, 1.82) is 0 Å². The first kappa shape index (κ1) is 16.8. The Balaban J connectivity index is 2.11. The first-order chi connectivity index (χ1) is 10.7. The number of ether oxygens (including phenoxy) is 2. The van der Waals surface area contributed by atoms with Gasteiger partial charge in [0.05, 0.1) is 28.4 Å². The predicted octanol–water partition coefficient (Wildman–Crippen LogP) is 3.52. The Morgan fingerprint density at radius 3 is 2.95 bits per heavy atom. The molecule has 5 nitrogen and oxygen atoms in total. The minimum Gasteiger partial charge on any atom is -0.493 e. The van der Waals surface area contributed by atoms with Crippen molar-refractivity contribution in [2.45, 2.75) is 6.92 Å². The normalized spacial score (nSPS) is 10.7. The van der Waals surface area contributed by atoms with Gasteiger partial charge >= 0.3 is 0 Å². The van der Waals surface area contributed by atoms with Crippen molar-refractivity contribution in [3.05, 3.63) is 43.7 Å². The summed E-state index contributed by atoms with van der Waals surface area (Å²) in [7, 11) is 1.59. The molecule has 22 heavy (non-hydrogen) atoms. The number of hydrogen-bond acceptors (Lipinski definition) is 5. The van der Waals surface area contributed by atoms with Crippen LogP contribution in [0.4, 0.5) is 0 Å². The van der Waals surface area contributed by atoms with Crippen LogP contribution in [0, 0.1) is 3.57 Å². The van der Waals surface area contributed by atoms with Crippen LogP contribution in [-0.2, 0) is 0 Å². The maximum Gasteiger partial charge on any atom is 0.281 e. The minimum absolute atomic E-state index is 0.223. The van der Waals surface area contributed by atoms with Crippen molar-refractivity contribution < 1.29 is 14.3 Å². The van der Waals surface area contributed by atoms with Gasteiger partial charge in [0.2, 0.25) is 0 Å². The van der Waals surface area contributed by atoms with Crippen molar-refractivity contribution in [3.8, 4) is 11.5 Å². The molecule has 0 fully saturated rings. The summed E-state index contributed by atoms with van der Waals surface area (Å²) in [5.74, 6) is 1.13. The molecule has 2 aromatic rings. The number of carbonyl (C=O) groups excluding carboxylic acids is 1. The van der Waals surface area contributed by atoms with Gasteiger partial charge < -0.3 is 9.47 Å². The topological polar surface area (TPSA) is 59.9 Å². The maximum atomic E-state index is 11.8. The number of halogens is 1. The molecule has 0 saturated carbocycles. The quantitative estimate of drug-likeness (QED) is 0.434. The van der Waals surface area contributed by atoms with Gasteiger partial charge in [0.25, 0.3) is 5.91 Å². The molecular formula is C15H15IN2O3S. The molecule has 0 radical (unpaired) electrons. The zero-order valence-electron chi connectivity index (χ0n) is 12.1. The van der Waals surface area contributed by atoms with E-state index in [1.54, 1.807) is 19.4 Å². The molecular weight excluding hydrogens is 415 g/mol.